The van der Waals surface area contributed by atoms with Gasteiger partial charge in [0.25, 0.3) is 0 Å². The molecule has 0 bridgehead atoms. The van der Waals surface area contributed by atoms with E-state index in [1.54, 1.807) is 0 Å². The van der Waals surface area contributed by atoms with Crippen LogP contribution in [0.4, 0.5) is 0 Å². The first kappa shape index (κ1) is 13.5. The molecule has 1 rings (SSSR count). The Balaban J connectivity index is 2.47. The Hall–Kier alpha value is -0.610. The van der Waals surface area contributed by atoms with Gasteiger partial charge in [-0.15, -0.1) is 0 Å². The highest BCUT2D eigenvalue weighted by molar-refractivity contribution is 5.78. The van der Waals surface area contributed by atoms with Crippen LogP contribution in [-0.2, 0) is 4.79 Å². The third-order valence-corrected chi connectivity index (χ3v) is 3.27. The van der Waals surface area contributed by atoms with E-state index in [1.807, 2.05) is 13.8 Å². The second kappa shape index (κ2) is 6.21. The topological polar surface area (TPSA) is 58.4 Å². The van der Waals surface area contributed by atoms with Crippen molar-refractivity contribution in [2.45, 2.75) is 45.7 Å². The highest BCUT2D eigenvalue weighted by Gasteiger charge is 2.28. The fraction of sp³-hybridized carbons (Fsp3) is 0.917. The van der Waals surface area contributed by atoms with Gasteiger partial charge in [0.15, 0.2) is 0 Å². The first-order valence-electron chi connectivity index (χ1n) is 6.28. The van der Waals surface area contributed by atoms with Gasteiger partial charge in [0.05, 0.1) is 6.54 Å². The molecule has 0 aromatic heterocycles. The molecule has 4 nitrogen and oxygen atoms in total. The summed E-state index contributed by atoms with van der Waals surface area (Å²) >= 11 is 0. The molecule has 1 saturated heterocycles. The zero-order chi connectivity index (χ0) is 12.1. The van der Waals surface area contributed by atoms with Gasteiger partial charge in [-0.2, -0.15) is 0 Å². The van der Waals surface area contributed by atoms with Crippen LogP contribution in [0.5, 0.6) is 0 Å². The number of likely N-dealkylation sites (tertiary alicyclic amines) is 1. The summed E-state index contributed by atoms with van der Waals surface area (Å²) in [6.45, 7) is 8.33. The molecule has 1 heterocycles. The number of nitrogens with two attached hydrogens (primary N) is 1. The van der Waals surface area contributed by atoms with Crippen LogP contribution in [0.3, 0.4) is 0 Å². The van der Waals surface area contributed by atoms with Crippen molar-refractivity contribution < 1.29 is 4.79 Å². The first-order chi connectivity index (χ1) is 7.54. The Morgan fingerprint density at radius 3 is 2.81 bits per heavy atom. The highest BCUT2D eigenvalue weighted by atomic mass is 16.2. The molecule has 0 saturated carbocycles. The van der Waals surface area contributed by atoms with E-state index in [0.29, 0.717) is 25.0 Å². The number of hydrogen-bond donors (Lipinski definition) is 2. The molecule has 3 N–H and O–H groups in total. The number of hydrogen-bond acceptors (Lipinski definition) is 3. The minimum Gasteiger partial charge on any atom is -0.353 e. The summed E-state index contributed by atoms with van der Waals surface area (Å²) in [6.07, 6.45) is 2.40. The molecule has 1 amide bonds. The zero-order valence-electron chi connectivity index (χ0n) is 10.7. The maximum absolute atomic E-state index is 11.7. The number of piperidine rings is 1. The van der Waals surface area contributed by atoms with Crippen molar-refractivity contribution in [3.05, 3.63) is 0 Å². The van der Waals surface area contributed by atoms with E-state index in [9.17, 15) is 4.79 Å². The predicted molar refractivity (Wildman–Crippen MR) is 66.1 cm³/mol. The molecule has 0 spiro atoms. The number of amides is 1. The predicted octanol–water partition coefficient (Wildman–Crippen LogP) is 0.570. The second-order valence-corrected chi connectivity index (χ2v) is 5.12. The number of rotatable bonds is 4. The molecule has 4 heteroatoms. The van der Waals surface area contributed by atoms with Crippen molar-refractivity contribution >= 4 is 5.91 Å². The van der Waals surface area contributed by atoms with Crippen LogP contribution in [-0.4, -0.2) is 42.5 Å². The summed E-state index contributed by atoms with van der Waals surface area (Å²) in [7, 11) is 0. The van der Waals surface area contributed by atoms with Gasteiger partial charge in [-0.3, -0.25) is 9.69 Å². The largest absolute Gasteiger partial charge is 0.353 e. The van der Waals surface area contributed by atoms with Crippen molar-refractivity contribution in [1.29, 1.82) is 0 Å². The van der Waals surface area contributed by atoms with Crippen LogP contribution < -0.4 is 11.1 Å². The summed E-state index contributed by atoms with van der Waals surface area (Å²) in [5, 5.41) is 2.93. The average molecular weight is 227 g/mol. The molecular weight excluding hydrogens is 202 g/mol. The van der Waals surface area contributed by atoms with Gasteiger partial charge in [0.2, 0.25) is 5.91 Å². The highest BCUT2D eigenvalue weighted by Crippen LogP contribution is 2.21. The van der Waals surface area contributed by atoms with Gasteiger partial charge in [-0.25, -0.2) is 0 Å². The van der Waals surface area contributed by atoms with E-state index in [1.165, 1.54) is 12.8 Å². The quantitative estimate of drug-likeness (QED) is 0.738. The zero-order valence-corrected chi connectivity index (χ0v) is 10.7. The van der Waals surface area contributed by atoms with Crippen LogP contribution in [0.15, 0.2) is 0 Å². The van der Waals surface area contributed by atoms with E-state index in [0.717, 1.165) is 6.54 Å². The van der Waals surface area contributed by atoms with E-state index in [2.05, 4.69) is 17.1 Å². The minimum atomic E-state index is 0.113. The Morgan fingerprint density at radius 2 is 2.25 bits per heavy atom. The molecule has 0 aliphatic carbocycles. The van der Waals surface area contributed by atoms with Crippen LogP contribution in [0.2, 0.25) is 0 Å². The van der Waals surface area contributed by atoms with Gasteiger partial charge < -0.3 is 11.1 Å². The van der Waals surface area contributed by atoms with Crippen LogP contribution in [0, 0.1) is 5.92 Å². The normalized spacial score (nSPS) is 27.1. The Morgan fingerprint density at radius 1 is 1.56 bits per heavy atom. The summed E-state index contributed by atoms with van der Waals surface area (Å²) < 4.78 is 0. The van der Waals surface area contributed by atoms with Gasteiger partial charge in [0.1, 0.15) is 0 Å². The van der Waals surface area contributed by atoms with Crippen LogP contribution in [0.25, 0.3) is 0 Å². The lowest BCUT2D eigenvalue weighted by atomic mass is 9.91. The smallest absolute Gasteiger partial charge is 0.234 e. The maximum Gasteiger partial charge on any atom is 0.234 e. The van der Waals surface area contributed by atoms with Gasteiger partial charge in [0, 0.05) is 18.6 Å². The van der Waals surface area contributed by atoms with Crippen molar-refractivity contribution in [3.63, 3.8) is 0 Å². The molecule has 1 fully saturated rings. The maximum atomic E-state index is 11.7. The first-order valence-corrected chi connectivity index (χ1v) is 6.28. The lowest BCUT2D eigenvalue weighted by Crippen LogP contribution is -2.52. The summed E-state index contributed by atoms with van der Waals surface area (Å²) in [4.78, 5) is 13.9. The fourth-order valence-corrected chi connectivity index (χ4v) is 2.46. The second-order valence-electron chi connectivity index (χ2n) is 5.12. The molecule has 0 radical (unpaired) electrons. The van der Waals surface area contributed by atoms with Gasteiger partial charge in [-0.1, -0.05) is 6.92 Å². The molecule has 0 aromatic carbocycles. The van der Waals surface area contributed by atoms with E-state index >= 15 is 0 Å². The molecule has 1 aliphatic rings. The molecule has 2 atom stereocenters. The molecule has 2 unspecified atom stereocenters. The number of nitrogens with zero attached hydrogens (tertiary/aromatic N) is 1. The lowest BCUT2D eigenvalue weighted by molar-refractivity contribution is -0.123. The van der Waals surface area contributed by atoms with Crippen LogP contribution >= 0.6 is 0 Å². The van der Waals surface area contributed by atoms with E-state index in [-0.39, 0.29) is 11.9 Å². The van der Waals surface area contributed by atoms with E-state index in [4.69, 9.17) is 5.73 Å². The Labute approximate surface area is 98.6 Å². The van der Waals surface area contributed by atoms with Gasteiger partial charge >= 0.3 is 0 Å². The molecule has 0 aromatic rings. The third kappa shape index (κ3) is 3.76. The summed E-state index contributed by atoms with van der Waals surface area (Å²) in [5.74, 6) is 0.716. The van der Waals surface area contributed by atoms with Crippen LogP contribution in [0.1, 0.15) is 33.6 Å². The average Bonchev–Trinajstić information content (AvgIpc) is 2.16. The van der Waals surface area contributed by atoms with Crippen molar-refractivity contribution in [2.75, 3.05) is 19.6 Å². The molecule has 1 aliphatic heterocycles. The molecular formula is C12H25N3O. The summed E-state index contributed by atoms with van der Waals surface area (Å²) in [6, 6.07) is 0.581. The third-order valence-electron chi connectivity index (χ3n) is 3.27. The van der Waals surface area contributed by atoms with E-state index < -0.39 is 0 Å². The Kier molecular flexibility index (Phi) is 5.22. The molecule has 16 heavy (non-hydrogen) atoms. The number of carbonyl (C=O) groups is 1. The number of carbonyl (C=O) groups excluding carboxylic acids is 1. The van der Waals surface area contributed by atoms with Gasteiger partial charge in [-0.05, 0) is 39.2 Å². The fourth-order valence-electron chi connectivity index (χ4n) is 2.46. The summed E-state index contributed by atoms with van der Waals surface area (Å²) in [5.41, 5.74) is 5.79. The standard InChI is InChI=1S/C12H25N3O/c1-9(2)14-12(16)8-15-6-4-5-10(3)11(15)7-13/h9-11H,4-8,13H2,1-3H3,(H,14,16). The lowest BCUT2D eigenvalue weighted by Gasteiger charge is -2.39. The monoisotopic (exact) mass is 227 g/mol. The molecule has 94 valence electrons. The van der Waals surface area contributed by atoms with Crippen molar-refractivity contribution in [1.82, 2.24) is 10.2 Å². The SMILES string of the molecule is CC(C)NC(=O)CN1CCCC(C)C1CN. The minimum absolute atomic E-state index is 0.113. The van der Waals surface area contributed by atoms with Crippen molar-refractivity contribution in [2.24, 2.45) is 11.7 Å². The van der Waals surface area contributed by atoms with Crippen molar-refractivity contribution in [3.8, 4) is 0 Å². The Bertz CT molecular complexity index is 230. The number of nitrogens with one attached hydrogen (secondary N) is 1.